The molecule has 0 aliphatic carbocycles. The minimum absolute atomic E-state index is 0.156. The first-order valence-corrected chi connectivity index (χ1v) is 7.27. The van der Waals surface area contributed by atoms with Gasteiger partial charge >= 0.3 is 0 Å². The predicted molar refractivity (Wildman–Crippen MR) is 65.6 cm³/mol. The van der Waals surface area contributed by atoms with Crippen LogP contribution < -0.4 is 5.32 Å². The molecule has 0 radical (unpaired) electrons. The molecule has 2 atom stereocenters. The van der Waals surface area contributed by atoms with E-state index in [-0.39, 0.29) is 6.42 Å². The van der Waals surface area contributed by atoms with Crippen LogP contribution in [0.5, 0.6) is 0 Å². The Hall–Kier alpha value is -0.340. The summed E-state index contributed by atoms with van der Waals surface area (Å²) in [6, 6.07) is 0. The molecule has 0 spiro atoms. The van der Waals surface area contributed by atoms with Crippen molar-refractivity contribution in [1.29, 1.82) is 0 Å². The molecule has 4 nitrogen and oxygen atoms in total. The van der Waals surface area contributed by atoms with Crippen molar-refractivity contribution in [3.8, 4) is 0 Å². The van der Waals surface area contributed by atoms with Gasteiger partial charge in [-0.3, -0.25) is 8.94 Å². The van der Waals surface area contributed by atoms with Gasteiger partial charge in [0.1, 0.15) is 18.1 Å². The summed E-state index contributed by atoms with van der Waals surface area (Å²) in [5, 5.41) is 2.75. The minimum atomic E-state index is -4.48. The molecule has 112 valence electrons. The zero-order valence-corrected chi connectivity index (χ0v) is 11.5. The molecule has 0 rings (SSSR count). The molecule has 0 heterocycles. The summed E-state index contributed by atoms with van der Waals surface area (Å²) in [5.41, 5.74) is 0. The first-order chi connectivity index (χ1) is 8.28. The highest BCUT2D eigenvalue weighted by Gasteiger charge is 2.25. The van der Waals surface area contributed by atoms with Gasteiger partial charge in [0.25, 0.3) is 10.1 Å². The van der Waals surface area contributed by atoms with Crippen molar-refractivity contribution < 1.29 is 26.1 Å². The summed E-state index contributed by atoms with van der Waals surface area (Å²) in [5.74, 6) is -1.22. The Morgan fingerprint density at radius 1 is 1.11 bits per heavy atom. The van der Waals surface area contributed by atoms with Gasteiger partial charge in [-0.1, -0.05) is 12.8 Å². The molecule has 0 aromatic heterocycles. The van der Waals surface area contributed by atoms with Gasteiger partial charge in [0.2, 0.25) is 0 Å². The van der Waals surface area contributed by atoms with Gasteiger partial charge < -0.3 is 5.32 Å². The van der Waals surface area contributed by atoms with Gasteiger partial charge in [-0.15, -0.1) is 0 Å². The second kappa shape index (κ2) is 11.7. The number of halogens is 3. The molecule has 0 amide bonds. The van der Waals surface area contributed by atoms with Gasteiger partial charge in [0, 0.05) is 0 Å². The number of unbranched alkanes of at least 4 members (excludes halogenated alkanes) is 2. The Balaban J connectivity index is 0. The summed E-state index contributed by atoms with van der Waals surface area (Å²) >= 11 is 0. The number of hydrogen-bond donors (Lipinski definition) is 2. The highest BCUT2D eigenvalue weighted by Crippen LogP contribution is 2.14. The minimum Gasteiger partial charge on any atom is -0.323 e. The maximum absolute atomic E-state index is 12.9. The van der Waals surface area contributed by atoms with Crippen LogP contribution in [0.1, 0.15) is 25.7 Å². The zero-order chi connectivity index (χ0) is 14.6. The molecule has 8 heteroatoms. The fourth-order valence-electron chi connectivity index (χ4n) is 1.10. The van der Waals surface area contributed by atoms with Crippen LogP contribution in [0.25, 0.3) is 0 Å². The van der Waals surface area contributed by atoms with Crippen LogP contribution in [0.2, 0.25) is 0 Å². The van der Waals surface area contributed by atoms with Crippen LogP contribution in [-0.2, 0) is 10.1 Å². The van der Waals surface area contributed by atoms with Crippen molar-refractivity contribution in [2.75, 3.05) is 26.5 Å². The summed E-state index contributed by atoms with van der Waals surface area (Å²) in [6.45, 7) is -0.499. The van der Waals surface area contributed by atoms with E-state index in [4.69, 9.17) is 4.55 Å². The van der Waals surface area contributed by atoms with Crippen LogP contribution in [0.4, 0.5) is 13.2 Å². The van der Waals surface area contributed by atoms with Gasteiger partial charge in [-0.2, -0.15) is 8.42 Å². The van der Waals surface area contributed by atoms with E-state index >= 15 is 0 Å². The van der Waals surface area contributed by atoms with Crippen LogP contribution >= 0.6 is 0 Å². The molecule has 2 unspecified atom stereocenters. The largest absolute Gasteiger partial charge is 0.323 e. The number of hydrogen-bond acceptors (Lipinski definition) is 3. The van der Waals surface area contributed by atoms with E-state index in [9.17, 15) is 21.6 Å². The molecule has 0 bridgehead atoms. The van der Waals surface area contributed by atoms with E-state index < -0.39 is 34.9 Å². The Kier molecular flexibility index (Phi) is 13.0. The maximum atomic E-state index is 12.9. The molecular formula is C10H22F3NO3S. The summed E-state index contributed by atoms with van der Waals surface area (Å²) in [4.78, 5) is 0. The van der Waals surface area contributed by atoms with E-state index in [1.54, 1.807) is 0 Å². The Labute approximate surface area is 107 Å². The Morgan fingerprint density at radius 3 is 2.00 bits per heavy atom. The maximum Gasteiger partial charge on any atom is 0.267 e. The highest BCUT2D eigenvalue weighted by molar-refractivity contribution is 7.85. The van der Waals surface area contributed by atoms with Gasteiger partial charge in [-0.25, -0.2) is 8.78 Å². The van der Waals surface area contributed by atoms with Crippen molar-refractivity contribution in [1.82, 2.24) is 5.32 Å². The molecular weight excluding hydrogens is 271 g/mol. The summed E-state index contributed by atoms with van der Waals surface area (Å²) in [6.07, 6.45) is -3.26. The smallest absolute Gasteiger partial charge is 0.267 e. The lowest BCUT2D eigenvalue weighted by Gasteiger charge is -2.11. The first-order valence-electron chi connectivity index (χ1n) is 5.66. The zero-order valence-electron chi connectivity index (χ0n) is 10.7. The van der Waals surface area contributed by atoms with Gasteiger partial charge in [0.05, 0.1) is 6.67 Å². The average Bonchev–Trinajstić information content (AvgIpc) is 2.23. The number of alkyl halides is 3. The lowest BCUT2D eigenvalue weighted by atomic mass is 10.1. The molecule has 0 saturated heterocycles. The lowest BCUT2D eigenvalue weighted by molar-refractivity contribution is 0.169. The SMILES string of the molecule is CNC.O=S(=O)(O)CC(F)C(F)CCCCCF. The van der Waals surface area contributed by atoms with E-state index in [1.807, 2.05) is 14.1 Å². The Morgan fingerprint density at radius 2 is 1.61 bits per heavy atom. The number of rotatable bonds is 8. The summed E-state index contributed by atoms with van der Waals surface area (Å²) < 4.78 is 66.0. The van der Waals surface area contributed by atoms with E-state index in [2.05, 4.69) is 5.32 Å². The molecule has 0 aromatic carbocycles. The monoisotopic (exact) mass is 293 g/mol. The van der Waals surface area contributed by atoms with E-state index in [0.717, 1.165) is 0 Å². The second-order valence-corrected chi connectivity index (χ2v) is 5.32. The third kappa shape index (κ3) is 15.7. The standard InChI is InChI=1S/C8H15F3O3S.C2H7N/c9-5-3-1-2-4-7(10)8(11)6-15(12,13)14;1-3-2/h7-8H,1-6H2,(H,12,13,14);3H,1-2H3. The third-order valence-corrected chi connectivity index (χ3v) is 2.62. The van der Waals surface area contributed by atoms with Gasteiger partial charge in [-0.05, 0) is 26.9 Å². The fraction of sp³-hybridized carbons (Fsp3) is 1.00. The molecule has 0 aromatic rings. The van der Waals surface area contributed by atoms with Gasteiger partial charge in [0.15, 0.2) is 0 Å². The quantitative estimate of drug-likeness (QED) is 0.530. The van der Waals surface area contributed by atoms with Crippen LogP contribution in [0, 0.1) is 0 Å². The summed E-state index contributed by atoms with van der Waals surface area (Å²) in [7, 11) is -0.729. The lowest BCUT2D eigenvalue weighted by Crippen LogP contribution is -2.26. The molecule has 0 aliphatic heterocycles. The predicted octanol–water partition coefficient (Wildman–Crippen LogP) is 1.92. The molecule has 0 aliphatic rings. The topological polar surface area (TPSA) is 66.4 Å². The van der Waals surface area contributed by atoms with E-state index in [1.165, 1.54) is 0 Å². The van der Waals surface area contributed by atoms with Crippen LogP contribution in [-0.4, -0.2) is 51.8 Å². The number of nitrogens with one attached hydrogen (secondary N) is 1. The van der Waals surface area contributed by atoms with Crippen molar-refractivity contribution in [3.05, 3.63) is 0 Å². The van der Waals surface area contributed by atoms with Crippen LogP contribution in [0.15, 0.2) is 0 Å². The average molecular weight is 293 g/mol. The van der Waals surface area contributed by atoms with E-state index in [0.29, 0.717) is 19.3 Å². The van der Waals surface area contributed by atoms with Crippen molar-refractivity contribution >= 4 is 10.1 Å². The second-order valence-electron chi connectivity index (χ2n) is 3.82. The first kappa shape index (κ1) is 20.0. The molecule has 0 saturated carbocycles. The van der Waals surface area contributed by atoms with Crippen molar-refractivity contribution in [2.24, 2.45) is 0 Å². The van der Waals surface area contributed by atoms with Crippen molar-refractivity contribution in [3.63, 3.8) is 0 Å². The Bertz CT molecular complexity index is 276. The molecule has 18 heavy (non-hydrogen) atoms. The highest BCUT2D eigenvalue weighted by atomic mass is 32.2. The normalized spacial score (nSPS) is 14.6. The van der Waals surface area contributed by atoms with Crippen LogP contribution in [0.3, 0.4) is 0 Å². The fourth-order valence-corrected chi connectivity index (χ4v) is 1.71. The third-order valence-electron chi connectivity index (χ3n) is 1.88. The van der Waals surface area contributed by atoms with Crippen molar-refractivity contribution in [2.45, 2.75) is 38.0 Å². The molecule has 2 N–H and O–H groups in total. The molecule has 0 fully saturated rings.